The average Bonchev–Trinajstić information content (AvgIpc) is 2.39. The number of rotatable bonds is 5. The molecule has 1 aliphatic heterocycles. The van der Waals surface area contributed by atoms with Crippen LogP contribution in [0.25, 0.3) is 0 Å². The maximum Gasteiger partial charge on any atom is 0.152 e. The second kappa shape index (κ2) is 4.63. The average molecular weight is 248 g/mol. The minimum atomic E-state index is -2.82. The molecule has 0 aliphatic carbocycles. The van der Waals surface area contributed by atoms with Crippen LogP contribution < -0.4 is 10.6 Å². The van der Waals surface area contributed by atoms with Gasteiger partial charge in [-0.3, -0.25) is 0 Å². The van der Waals surface area contributed by atoms with Gasteiger partial charge in [0.15, 0.2) is 9.84 Å². The Hall–Kier alpha value is -0.130. The van der Waals surface area contributed by atoms with E-state index in [0.29, 0.717) is 5.75 Å². The van der Waals surface area contributed by atoms with Gasteiger partial charge < -0.3 is 10.6 Å². The van der Waals surface area contributed by atoms with Crippen LogP contribution in [0.2, 0.25) is 0 Å². The van der Waals surface area contributed by atoms with Crippen molar-refractivity contribution >= 4 is 9.84 Å². The van der Waals surface area contributed by atoms with E-state index in [4.69, 9.17) is 0 Å². The Morgan fingerprint density at radius 3 is 2.44 bits per heavy atom. The van der Waals surface area contributed by atoms with Crippen LogP contribution in [0, 0.1) is 0 Å². The SMILES string of the molecule is CCNC(C)(C)CNC1(C)CCS(=O)(=O)C1. The van der Waals surface area contributed by atoms with Crippen LogP contribution in [-0.4, -0.2) is 44.1 Å². The van der Waals surface area contributed by atoms with Crippen molar-refractivity contribution in [2.75, 3.05) is 24.6 Å². The van der Waals surface area contributed by atoms with Gasteiger partial charge in [0.1, 0.15) is 0 Å². The van der Waals surface area contributed by atoms with Gasteiger partial charge in [0, 0.05) is 17.6 Å². The van der Waals surface area contributed by atoms with Crippen LogP contribution in [0.4, 0.5) is 0 Å². The van der Waals surface area contributed by atoms with Gasteiger partial charge in [-0.15, -0.1) is 0 Å². The molecule has 0 radical (unpaired) electrons. The number of sulfone groups is 1. The van der Waals surface area contributed by atoms with Crippen LogP contribution in [0.1, 0.15) is 34.1 Å². The zero-order chi connectivity index (χ0) is 12.4. The first-order valence-electron chi connectivity index (χ1n) is 5.89. The van der Waals surface area contributed by atoms with Gasteiger partial charge in [0.05, 0.1) is 11.5 Å². The van der Waals surface area contributed by atoms with Crippen LogP contribution in [0.15, 0.2) is 0 Å². The van der Waals surface area contributed by atoms with Crippen molar-refractivity contribution in [3.8, 4) is 0 Å². The summed E-state index contributed by atoms with van der Waals surface area (Å²) in [5.74, 6) is 0.584. The summed E-state index contributed by atoms with van der Waals surface area (Å²) in [4.78, 5) is 0. The lowest BCUT2D eigenvalue weighted by Gasteiger charge is -2.32. The Morgan fingerprint density at radius 1 is 1.38 bits per heavy atom. The molecule has 1 unspecified atom stereocenters. The van der Waals surface area contributed by atoms with E-state index in [1.165, 1.54) is 0 Å². The molecule has 16 heavy (non-hydrogen) atoms. The predicted octanol–water partition coefficient (Wildman–Crippen LogP) is 0.541. The topological polar surface area (TPSA) is 58.2 Å². The predicted molar refractivity (Wildman–Crippen MR) is 67.4 cm³/mol. The molecule has 2 N–H and O–H groups in total. The van der Waals surface area contributed by atoms with Crippen molar-refractivity contribution in [1.29, 1.82) is 0 Å². The van der Waals surface area contributed by atoms with Crippen LogP contribution >= 0.6 is 0 Å². The quantitative estimate of drug-likeness (QED) is 0.745. The summed E-state index contributed by atoms with van der Waals surface area (Å²) in [5.41, 5.74) is -0.240. The molecule has 1 aliphatic rings. The second-order valence-corrected chi connectivity index (χ2v) is 7.85. The molecule has 0 aromatic carbocycles. The molecule has 5 heteroatoms. The Balaban J connectivity index is 2.50. The second-order valence-electron chi connectivity index (χ2n) is 5.67. The molecular formula is C11H24N2O2S. The lowest BCUT2D eigenvalue weighted by molar-refractivity contribution is 0.308. The van der Waals surface area contributed by atoms with Gasteiger partial charge in [-0.1, -0.05) is 6.92 Å². The highest BCUT2D eigenvalue weighted by Gasteiger charge is 2.38. The van der Waals surface area contributed by atoms with Crippen molar-refractivity contribution in [1.82, 2.24) is 10.6 Å². The third-order valence-electron chi connectivity index (χ3n) is 3.12. The van der Waals surface area contributed by atoms with Crippen molar-refractivity contribution in [3.63, 3.8) is 0 Å². The maximum absolute atomic E-state index is 11.4. The number of nitrogens with one attached hydrogen (secondary N) is 2. The van der Waals surface area contributed by atoms with Gasteiger partial charge in [0.2, 0.25) is 0 Å². The number of likely N-dealkylation sites (N-methyl/N-ethyl adjacent to an activating group) is 1. The molecule has 1 heterocycles. The zero-order valence-electron chi connectivity index (χ0n) is 10.8. The molecule has 0 saturated carbocycles. The normalized spacial score (nSPS) is 29.5. The van der Waals surface area contributed by atoms with Gasteiger partial charge in [0.25, 0.3) is 0 Å². The first-order valence-corrected chi connectivity index (χ1v) is 7.71. The van der Waals surface area contributed by atoms with Crippen LogP contribution in [-0.2, 0) is 9.84 Å². The molecule has 4 nitrogen and oxygen atoms in total. The van der Waals surface area contributed by atoms with Crippen molar-refractivity contribution < 1.29 is 8.42 Å². The van der Waals surface area contributed by atoms with Gasteiger partial charge in [-0.25, -0.2) is 8.42 Å². The maximum atomic E-state index is 11.4. The third-order valence-corrected chi connectivity index (χ3v) is 5.02. The zero-order valence-corrected chi connectivity index (χ0v) is 11.6. The standard InChI is InChI=1S/C11H24N2O2S/c1-5-12-10(2,3)8-13-11(4)6-7-16(14,15)9-11/h12-13H,5-9H2,1-4H3. The van der Waals surface area contributed by atoms with Crippen molar-refractivity contribution in [3.05, 3.63) is 0 Å². The Labute approximate surface area is 99.1 Å². The van der Waals surface area contributed by atoms with E-state index in [1.54, 1.807) is 0 Å². The molecule has 0 aromatic heterocycles. The highest BCUT2D eigenvalue weighted by molar-refractivity contribution is 7.91. The minimum absolute atomic E-state index is 0.00408. The lowest BCUT2D eigenvalue weighted by atomic mass is 9.98. The Kier molecular flexibility index (Phi) is 4.03. The Bertz CT molecular complexity index is 338. The van der Waals surface area contributed by atoms with Gasteiger partial charge in [-0.2, -0.15) is 0 Å². The van der Waals surface area contributed by atoms with E-state index in [9.17, 15) is 8.42 Å². The summed E-state index contributed by atoms with van der Waals surface area (Å²) >= 11 is 0. The molecule has 0 aromatic rings. The molecule has 1 fully saturated rings. The molecule has 96 valence electrons. The summed E-state index contributed by atoms with van der Waals surface area (Å²) in [6, 6.07) is 0. The first-order chi connectivity index (χ1) is 7.18. The van der Waals surface area contributed by atoms with E-state index in [-0.39, 0.29) is 16.8 Å². The number of hydrogen-bond acceptors (Lipinski definition) is 4. The summed E-state index contributed by atoms with van der Waals surface area (Å²) < 4.78 is 22.9. The van der Waals surface area contributed by atoms with E-state index in [1.807, 2.05) is 6.92 Å². The molecular weight excluding hydrogens is 224 g/mol. The van der Waals surface area contributed by atoms with Crippen LogP contribution in [0.3, 0.4) is 0 Å². The largest absolute Gasteiger partial charge is 0.311 e. The minimum Gasteiger partial charge on any atom is -0.311 e. The van der Waals surface area contributed by atoms with E-state index in [2.05, 4.69) is 31.4 Å². The van der Waals surface area contributed by atoms with E-state index >= 15 is 0 Å². The highest BCUT2D eigenvalue weighted by Crippen LogP contribution is 2.23. The molecule has 1 saturated heterocycles. The summed E-state index contributed by atoms with van der Waals surface area (Å²) in [6.07, 6.45) is 0.720. The van der Waals surface area contributed by atoms with E-state index in [0.717, 1.165) is 19.5 Å². The first kappa shape index (κ1) is 13.9. The lowest BCUT2D eigenvalue weighted by Crippen LogP contribution is -2.54. The van der Waals surface area contributed by atoms with Gasteiger partial charge >= 0.3 is 0 Å². The van der Waals surface area contributed by atoms with Gasteiger partial charge in [-0.05, 0) is 33.7 Å². The molecule has 0 amide bonds. The third kappa shape index (κ3) is 4.03. The monoisotopic (exact) mass is 248 g/mol. The molecule has 1 atom stereocenters. The summed E-state index contributed by atoms with van der Waals surface area (Å²) in [6.45, 7) is 10.0. The Morgan fingerprint density at radius 2 is 2.00 bits per heavy atom. The molecule has 0 bridgehead atoms. The fourth-order valence-electron chi connectivity index (χ4n) is 2.13. The summed E-state index contributed by atoms with van der Waals surface area (Å²) in [5, 5.41) is 6.77. The molecule has 1 rings (SSSR count). The smallest absolute Gasteiger partial charge is 0.152 e. The fraction of sp³-hybridized carbons (Fsp3) is 1.00. The molecule has 0 spiro atoms. The van der Waals surface area contributed by atoms with E-state index < -0.39 is 9.84 Å². The fourth-order valence-corrected chi connectivity index (χ4v) is 4.25. The van der Waals surface area contributed by atoms with Crippen LogP contribution in [0.5, 0.6) is 0 Å². The number of hydrogen-bond donors (Lipinski definition) is 2. The summed E-state index contributed by atoms with van der Waals surface area (Å²) in [7, 11) is -2.82. The highest BCUT2D eigenvalue weighted by atomic mass is 32.2. The van der Waals surface area contributed by atoms with Crippen molar-refractivity contribution in [2.24, 2.45) is 0 Å². The van der Waals surface area contributed by atoms with Crippen molar-refractivity contribution in [2.45, 2.75) is 45.2 Å².